The lowest BCUT2D eigenvalue weighted by Gasteiger charge is -2.33. The van der Waals surface area contributed by atoms with Gasteiger partial charge in [0.1, 0.15) is 6.17 Å². The fourth-order valence-corrected chi connectivity index (χ4v) is 3.51. The van der Waals surface area contributed by atoms with Crippen LogP contribution in [0.25, 0.3) is 0 Å². The van der Waals surface area contributed by atoms with E-state index >= 15 is 0 Å². The Morgan fingerprint density at radius 3 is 2.95 bits per heavy atom. The normalized spacial score (nSPS) is 30.2. The highest BCUT2D eigenvalue weighted by atomic mass is 16.5. The van der Waals surface area contributed by atoms with Gasteiger partial charge in [0.2, 0.25) is 5.91 Å². The lowest BCUT2D eigenvalue weighted by atomic mass is 10.1. The number of hydrogen-bond acceptors (Lipinski definition) is 3. The molecule has 108 valence electrons. The van der Waals surface area contributed by atoms with Gasteiger partial charge in [0, 0.05) is 7.11 Å². The number of nitrogens with one attached hydrogen (secondary N) is 1. The predicted molar refractivity (Wildman–Crippen MR) is 77.2 cm³/mol. The molecule has 1 aliphatic carbocycles. The molecular weight excluding hydrogens is 252 g/mol. The molecule has 4 heteroatoms. The van der Waals surface area contributed by atoms with Crippen molar-refractivity contribution in [2.24, 2.45) is 0 Å². The fraction of sp³-hybridized carbons (Fsp3) is 0.562. The minimum Gasteiger partial charge on any atom is -0.379 e. The van der Waals surface area contributed by atoms with Crippen molar-refractivity contribution in [2.45, 2.75) is 44.5 Å². The molecule has 0 bridgehead atoms. The minimum absolute atomic E-state index is 0.0110. The monoisotopic (exact) mass is 274 g/mol. The summed E-state index contributed by atoms with van der Waals surface area (Å²) in [6.07, 6.45) is 3.38. The number of nitrogens with zero attached hydrogens (tertiary/aromatic N) is 1. The molecule has 1 N–H and O–H groups in total. The zero-order chi connectivity index (χ0) is 14.1. The molecule has 1 heterocycles. The van der Waals surface area contributed by atoms with Crippen LogP contribution in [0.4, 0.5) is 0 Å². The highest BCUT2D eigenvalue weighted by Gasteiger charge is 2.42. The van der Waals surface area contributed by atoms with Crippen molar-refractivity contribution in [3.8, 4) is 0 Å². The first-order valence-corrected chi connectivity index (χ1v) is 7.34. The van der Waals surface area contributed by atoms with Crippen molar-refractivity contribution in [2.75, 3.05) is 13.7 Å². The molecular formula is C16H22N2O2. The summed E-state index contributed by atoms with van der Waals surface area (Å²) in [5, 5.41) is 3.34. The van der Waals surface area contributed by atoms with Crippen molar-refractivity contribution < 1.29 is 9.53 Å². The van der Waals surface area contributed by atoms with Crippen LogP contribution in [-0.2, 0) is 9.53 Å². The maximum Gasteiger partial charge on any atom is 0.238 e. The minimum atomic E-state index is -0.0110. The summed E-state index contributed by atoms with van der Waals surface area (Å²) in [5.41, 5.74) is 2.39. The van der Waals surface area contributed by atoms with Crippen LogP contribution in [0.5, 0.6) is 0 Å². The highest BCUT2D eigenvalue weighted by Crippen LogP contribution is 2.34. The first-order chi connectivity index (χ1) is 9.70. The van der Waals surface area contributed by atoms with Crippen molar-refractivity contribution in [3.63, 3.8) is 0 Å². The summed E-state index contributed by atoms with van der Waals surface area (Å²) < 4.78 is 5.57. The summed E-state index contributed by atoms with van der Waals surface area (Å²) >= 11 is 0. The highest BCUT2D eigenvalue weighted by molar-refractivity contribution is 5.81. The number of carbonyl (C=O) groups is 1. The Labute approximate surface area is 120 Å². The Kier molecular flexibility index (Phi) is 3.76. The van der Waals surface area contributed by atoms with Crippen LogP contribution < -0.4 is 5.32 Å². The summed E-state index contributed by atoms with van der Waals surface area (Å²) in [4.78, 5) is 14.3. The second kappa shape index (κ2) is 5.54. The first-order valence-electron chi connectivity index (χ1n) is 7.34. The number of hydrogen-bond donors (Lipinski definition) is 1. The third-order valence-corrected chi connectivity index (χ3v) is 4.45. The van der Waals surface area contributed by atoms with Gasteiger partial charge in [-0.1, -0.05) is 29.8 Å². The van der Waals surface area contributed by atoms with Gasteiger partial charge in [-0.05, 0) is 31.7 Å². The number of amides is 1. The van der Waals surface area contributed by atoms with Gasteiger partial charge in [0.15, 0.2) is 0 Å². The Hall–Kier alpha value is -1.39. The predicted octanol–water partition coefficient (Wildman–Crippen LogP) is 1.99. The van der Waals surface area contributed by atoms with Crippen LogP contribution in [0.1, 0.15) is 36.6 Å². The van der Waals surface area contributed by atoms with Gasteiger partial charge in [-0.25, -0.2) is 0 Å². The Bertz CT molecular complexity index is 503. The lowest BCUT2D eigenvalue weighted by molar-refractivity contribution is -0.132. The number of aryl methyl sites for hydroxylation is 1. The maximum absolute atomic E-state index is 12.3. The van der Waals surface area contributed by atoms with Gasteiger partial charge in [-0.2, -0.15) is 0 Å². The van der Waals surface area contributed by atoms with Crippen molar-refractivity contribution in [1.29, 1.82) is 0 Å². The number of ether oxygens (including phenoxy) is 1. The van der Waals surface area contributed by atoms with Gasteiger partial charge >= 0.3 is 0 Å². The molecule has 1 saturated carbocycles. The Balaban J connectivity index is 1.89. The van der Waals surface area contributed by atoms with E-state index in [-0.39, 0.29) is 24.2 Å². The van der Waals surface area contributed by atoms with E-state index in [1.807, 2.05) is 4.90 Å². The van der Waals surface area contributed by atoms with Gasteiger partial charge in [-0.3, -0.25) is 10.1 Å². The standard InChI is InChI=1S/C16H22N2O2/c1-11-5-3-6-12(9-11)16-17-10-15(19)18(16)13-7-4-8-14(13)20-2/h3,5-6,9,13-14,16-17H,4,7-8,10H2,1-2H3. The van der Waals surface area contributed by atoms with E-state index in [9.17, 15) is 4.79 Å². The lowest BCUT2D eigenvalue weighted by Crippen LogP contribution is -2.44. The molecule has 0 spiro atoms. The van der Waals surface area contributed by atoms with E-state index in [0.717, 1.165) is 24.8 Å². The molecule has 4 nitrogen and oxygen atoms in total. The molecule has 0 aromatic heterocycles. The van der Waals surface area contributed by atoms with Crippen LogP contribution in [0, 0.1) is 6.92 Å². The summed E-state index contributed by atoms with van der Waals surface area (Å²) in [6, 6.07) is 8.58. The van der Waals surface area contributed by atoms with E-state index in [0.29, 0.717) is 6.54 Å². The third-order valence-electron chi connectivity index (χ3n) is 4.45. The van der Waals surface area contributed by atoms with Crippen LogP contribution >= 0.6 is 0 Å². The second-order valence-corrected chi connectivity index (χ2v) is 5.77. The van der Waals surface area contributed by atoms with E-state index in [1.165, 1.54) is 5.56 Å². The number of benzene rings is 1. The molecule has 1 aliphatic heterocycles. The quantitative estimate of drug-likeness (QED) is 0.916. The topological polar surface area (TPSA) is 41.6 Å². The molecule has 1 saturated heterocycles. The summed E-state index contributed by atoms with van der Waals surface area (Å²) in [6.45, 7) is 2.50. The van der Waals surface area contributed by atoms with E-state index in [2.05, 4.69) is 36.5 Å². The molecule has 1 amide bonds. The van der Waals surface area contributed by atoms with Crippen molar-refractivity contribution in [3.05, 3.63) is 35.4 Å². The van der Waals surface area contributed by atoms with Crippen molar-refractivity contribution in [1.82, 2.24) is 10.2 Å². The van der Waals surface area contributed by atoms with Crippen molar-refractivity contribution >= 4 is 5.91 Å². The molecule has 2 aliphatic rings. The maximum atomic E-state index is 12.3. The number of methoxy groups -OCH3 is 1. The average molecular weight is 274 g/mol. The smallest absolute Gasteiger partial charge is 0.238 e. The molecule has 3 rings (SSSR count). The average Bonchev–Trinajstić information content (AvgIpc) is 3.04. The Morgan fingerprint density at radius 2 is 2.20 bits per heavy atom. The van der Waals surface area contributed by atoms with Crippen LogP contribution in [0.15, 0.2) is 24.3 Å². The van der Waals surface area contributed by atoms with E-state index in [1.54, 1.807) is 7.11 Å². The van der Waals surface area contributed by atoms with Gasteiger partial charge in [0.25, 0.3) is 0 Å². The van der Waals surface area contributed by atoms with E-state index < -0.39 is 0 Å². The van der Waals surface area contributed by atoms with Crippen LogP contribution in [0.2, 0.25) is 0 Å². The van der Waals surface area contributed by atoms with Crippen LogP contribution in [-0.4, -0.2) is 36.6 Å². The summed E-state index contributed by atoms with van der Waals surface area (Å²) in [5.74, 6) is 0.186. The molecule has 0 radical (unpaired) electrons. The number of carbonyl (C=O) groups excluding carboxylic acids is 1. The van der Waals surface area contributed by atoms with Gasteiger partial charge in [-0.15, -0.1) is 0 Å². The SMILES string of the molecule is COC1CCCC1N1C(=O)CNC1c1cccc(C)c1. The van der Waals surface area contributed by atoms with E-state index in [4.69, 9.17) is 4.74 Å². The zero-order valence-electron chi connectivity index (χ0n) is 12.1. The largest absolute Gasteiger partial charge is 0.379 e. The molecule has 3 unspecified atom stereocenters. The molecule has 1 aromatic carbocycles. The fourth-order valence-electron chi connectivity index (χ4n) is 3.51. The summed E-state index contributed by atoms with van der Waals surface area (Å²) in [7, 11) is 1.75. The van der Waals surface area contributed by atoms with Crippen LogP contribution in [0.3, 0.4) is 0 Å². The van der Waals surface area contributed by atoms with Gasteiger partial charge in [0.05, 0.1) is 18.7 Å². The molecule has 3 atom stereocenters. The first kappa shape index (κ1) is 13.6. The molecule has 2 fully saturated rings. The number of rotatable bonds is 3. The molecule has 20 heavy (non-hydrogen) atoms. The Morgan fingerprint density at radius 1 is 1.35 bits per heavy atom. The molecule has 1 aromatic rings. The zero-order valence-corrected chi connectivity index (χ0v) is 12.1. The second-order valence-electron chi connectivity index (χ2n) is 5.77. The third kappa shape index (κ3) is 2.34. The van der Waals surface area contributed by atoms with Gasteiger partial charge < -0.3 is 9.64 Å².